The fourth-order valence-corrected chi connectivity index (χ4v) is 3.36. The summed E-state index contributed by atoms with van der Waals surface area (Å²) in [6.07, 6.45) is 0. The van der Waals surface area contributed by atoms with Gasteiger partial charge in [0.25, 0.3) is 0 Å². The van der Waals surface area contributed by atoms with Gasteiger partial charge in [-0.3, -0.25) is 4.79 Å². The van der Waals surface area contributed by atoms with Crippen molar-refractivity contribution in [1.29, 1.82) is 0 Å². The minimum absolute atomic E-state index is 0.151. The Labute approximate surface area is 162 Å². The third-order valence-electron chi connectivity index (χ3n) is 3.69. The molecular formula is C19H21N5O2S. The van der Waals surface area contributed by atoms with Crippen LogP contribution in [0.3, 0.4) is 0 Å². The van der Waals surface area contributed by atoms with Crippen molar-refractivity contribution >= 4 is 23.4 Å². The highest BCUT2D eigenvalue weighted by atomic mass is 32.2. The van der Waals surface area contributed by atoms with Crippen LogP contribution < -0.4 is 10.1 Å². The van der Waals surface area contributed by atoms with Gasteiger partial charge < -0.3 is 10.1 Å². The summed E-state index contributed by atoms with van der Waals surface area (Å²) in [6.45, 7) is 6.49. The van der Waals surface area contributed by atoms with Crippen molar-refractivity contribution in [3.8, 4) is 11.4 Å². The molecule has 0 aliphatic heterocycles. The third kappa shape index (κ3) is 4.85. The molecule has 0 radical (unpaired) electrons. The van der Waals surface area contributed by atoms with Gasteiger partial charge in [0.15, 0.2) is 0 Å². The van der Waals surface area contributed by atoms with E-state index < -0.39 is 0 Å². The van der Waals surface area contributed by atoms with Gasteiger partial charge in [-0.1, -0.05) is 30.0 Å². The molecule has 0 atom stereocenters. The quantitative estimate of drug-likeness (QED) is 0.630. The van der Waals surface area contributed by atoms with Crippen molar-refractivity contribution in [3.05, 3.63) is 53.6 Å². The Morgan fingerprint density at radius 3 is 2.67 bits per heavy atom. The molecule has 3 rings (SSSR count). The Morgan fingerprint density at radius 1 is 1.19 bits per heavy atom. The normalized spacial score (nSPS) is 10.6. The van der Waals surface area contributed by atoms with E-state index in [0.717, 1.165) is 16.8 Å². The van der Waals surface area contributed by atoms with Crippen molar-refractivity contribution in [1.82, 2.24) is 20.2 Å². The van der Waals surface area contributed by atoms with Gasteiger partial charge in [0.1, 0.15) is 5.75 Å². The van der Waals surface area contributed by atoms with E-state index in [-0.39, 0.29) is 11.7 Å². The maximum atomic E-state index is 12.4. The molecule has 0 aliphatic rings. The van der Waals surface area contributed by atoms with Crippen molar-refractivity contribution in [3.63, 3.8) is 0 Å². The van der Waals surface area contributed by atoms with Gasteiger partial charge in [-0.25, -0.2) is 0 Å². The first kappa shape index (κ1) is 18.9. The number of benzene rings is 2. The smallest absolute Gasteiger partial charge is 0.234 e. The second-order valence-corrected chi connectivity index (χ2v) is 6.93. The summed E-state index contributed by atoms with van der Waals surface area (Å²) in [5, 5.41) is 15.3. The number of para-hydroxylation sites is 2. The Hall–Kier alpha value is -2.87. The van der Waals surface area contributed by atoms with Gasteiger partial charge in [0.05, 0.1) is 23.7 Å². The van der Waals surface area contributed by atoms with E-state index in [1.54, 1.807) is 4.68 Å². The average molecular weight is 383 g/mol. The van der Waals surface area contributed by atoms with Crippen LogP contribution >= 0.6 is 11.8 Å². The third-order valence-corrected chi connectivity index (χ3v) is 4.60. The zero-order valence-electron chi connectivity index (χ0n) is 15.5. The van der Waals surface area contributed by atoms with E-state index in [1.165, 1.54) is 11.8 Å². The van der Waals surface area contributed by atoms with Crippen LogP contribution in [-0.2, 0) is 4.79 Å². The molecule has 2 aromatic carbocycles. The molecule has 3 aromatic rings. The molecule has 1 aromatic heterocycles. The van der Waals surface area contributed by atoms with E-state index in [9.17, 15) is 4.79 Å². The van der Waals surface area contributed by atoms with Gasteiger partial charge in [-0.15, -0.1) is 5.10 Å². The molecule has 0 unspecified atom stereocenters. The molecular weight excluding hydrogens is 362 g/mol. The highest BCUT2D eigenvalue weighted by Gasteiger charge is 2.13. The van der Waals surface area contributed by atoms with Gasteiger partial charge in [-0.05, 0) is 66.6 Å². The number of ether oxygens (including phenoxy) is 1. The van der Waals surface area contributed by atoms with Gasteiger partial charge in [-0.2, -0.15) is 4.68 Å². The van der Waals surface area contributed by atoms with Crippen LogP contribution in [-0.4, -0.2) is 38.5 Å². The summed E-state index contributed by atoms with van der Waals surface area (Å²) in [4.78, 5) is 12.4. The van der Waals surface area contributed by atoms with Crippen molar-refractivity contribution < 1.29 is 9.53 Å². The van der Waals surface area contributed by atoms with Crippen LogP contribution in [0.5, 0.6) is 5.75 Å². The Balaban J connectivity index is 1.68. The number of hydrogen-bond acceptors (Lipinski definition) is 6. The molecule has 27 heavy (non-hydrogen) atoms. The maximum absolute atomic E-state index is 12.4. The SMILES string of the molecule is CCOc1ccccc1NC(=O)CSc1nnnn1-c1cc(C)cc(C)c1. The number of carbonyl (C=O) groups is 1. The van der Waals surface area contributed by atoms with E-state index in [4.69, 9.17) is 4.74 Å². The lowest BCUT2D eigenvalue weighted by atomic mass is 10.1. The molecule has 1 heterocycles. The number of aryl methyl sites for hydroxylation is 2. The van der Waals surface area contributed by atoms with E-state index >= 15 is 0 Å². The zero-order chi connectivity index (χ0) is 19.2. The number of rotatable bonds is 7. The molecule has 140 valence electrons. The van der Waals surface area contributed by atoms with E-state index in [1.807, 2.05) is 57.2 Å². The fraction of sp³-hybridized carbons (Fsp3) is 0.263. The Kier molecular flexibility index (Phi) is 6.08. The first-order valence-corrected chi connectivity index (χ1v) is 9.57. The second-order valence-electron chi connectivity index (χ2n) is 5.99. The zero-order valence-corrected chi connectivity index (χ0v) is 16.3. The molecule has 0 saturated heterocycles. The average Bonchev–Trinajstić information content (AvgIpc) is 3.10. The number of nitrogens with zero attached hydrogens (tertiary/aromatic N) is 4. The second kappa shape index (κ2) is 8.68. The molecule has 1 N–H and O–H groups in total. The summed E-state index contributed by atoms with van der Waals surface area (Å²) in [7, 11) is 0. The van der Waals surface area contributed by atoms with Crippen LogP contribution in [0, 0.1) is 13.8 Å². The lowest BCUT2D eigenvalue weighted by Gasteiger charge is -2.11. The predicted molar refractivity (Wildman–Crippen MR) is 106 cm³/mol. The predicted octanol–water partition coefficient (Wildman–Crippen LogP) is 3.41. The number of anilines is 1. The Bertz CT molecular complexity index is 921. The topological polar surface area (TPSA) is 81.9 Å². The van der Waals surface area contributed by atoms with Gasteiger partial charge >= 0.3 is 0 Å². The van der Waals surface area contributed by atoms with Crippen LogP contribution in [0.2, 0.25) is 0 Å². The van der Waals surface area contributed by atoms with E-state index in [2.05, 4.69) is 26.9 Å². The Morgan fingerprint density at radius 2 is 1.93 bits per heavy atom. The van der Waals surface area contributed by atoms with Crippen molar-refractivity contribution in [2.24, 2.45) is 0 Å². The van der Waals surface area contributed by atoms with Crippen molar-refractivity contribution in [2.75, 3.05) is 17.7 Å². The number of nitrogens with one attached hydrogen (secondary N) is 1. The number of thioether (sulfide) groups is 1. The van der Waals surface area contributed by atoms with Gasteiger partial charge in [0.2, 0.25) is 11.1 Å². The summed E-state index contributed by atoms with van der Waals surface area (Å²) < 4.78 is 7.17. The first-order chi connectivity index (χ1) is 13.1. The van der Waals surface area contributed by atoms with Crippen LogP contribution in [0.1, 0.15) is 18.1 Å². The summed E-state index contributed by atoms with van der Waals surface area (Å²) >= 11 is 1.28. The lowest BCUT2D eigenvalue weighted by molar-refractivity contribution is -0.113. The van der Waals surface area contributed by atoms with Crippen LogP contribution in [0.15, 0.2) is 47.6 Å². The highest BCUT2D eigenvalue weighted by Crippen LogP contribution is 2.25. The van der Waals surface area contributed by atoms with E-state index in [0.29, 0.717) is 23.2 Å². The monoisotopic (exact) mass is 383 g/mol. The van der Waals surface area contributed by atoms with Crippen LogP contribution in [0.25, 0.3) is 5.69 Å². The minimum atomic E-state index is -0.151. The molecule has 0 bridgehead atoms. The summed E-state index contributed by atoms with van der Waals surface area (Å²) in [5.74, 6) is 0.687. The molecule has 1 amide bonds. The molecule has 0 spiro atoms. The largest absolute Gasteiger partial charge is 0.492 e. The molecule has 0 aliphatic carbocycles. The fourth-order valence-electron chi connectivity index (χ4n) is 2.67. The van der Waals surface area contributed by atoms with Crippen LogP contribution in [0.4, 0.5) is 5.69 Å². The standard InChI is InChI=1S/C19H21N5O2S/c1-4-26-17-8-6-5-7-16(17)20-18(25)12-27-19-21-22-23-24(19)15-10-13(2)9-14(3)11-15/h5-11H,4,12H2,1-3H3,(H,20,25). The first-order valence-electron chi connectivity index (χ1n) is 8.58. The maximum Gasteiger partial charge on any atom is 0.234 e. The number of amides is 1. The lowest BCUT2D eigenvalue weighted by Crippen LogP contribution is -2.15. The number of hydrogen-bond donors (Lipinski definition) is 1. The number of carbonyl (C=O) groups excluding carboxylic acids is 1. The number of tetrazole rings is 1. The molecule has 0 saturated carbocycles. The summed E-state index contributed by atoms with van der Waals surface area (Å²) in [6, 6.07) is 13.5. The molecule has 0 fully saturated rings. The minimum Gasteiger partial charge on any atom is -0.492 e. The number of aromatic nitrogens is 4. The molecule has 8 heteroatoms. The highest BCUT2D eigenvalue weighted by molar-refractivity contribution is 7.99. The van der Waals surface area contributed by atoms with Gasteiger partial charge in [0, 0.05) is 0 Å². The molecule has 7 nitrogen and oxygen atoms in total. The van der Waals surface area contributed by atoms with Crippen molar-refractivity contribution in [2.45, 2.75) is 25.9 Å². The summed E-state index contributed by atoms with van der Waals surface area (Å²) in [5.41, 5.74) is 3.78.